The fraction of sp³-hybridized carbons (Fsp3) is 0.250. The summed E-state index contributed by atoms with van der Waals surface area (Å²) in [5.41, 5.74) is 2.14. The van der Waals surface area contributed by atoms with E-state index in [9.17, 15) is 0 Å². The molecule has 0 fully saturated rings. The van der Waals surface area contributed by atoms with Crippen LogP contribution in [0, 0.1) is 0 Å². The molecule has 0 N–H and O–H groups in total. The fourth-order valence-corrected chi connectivity index (χ4v) is 1.70. The maximum Gasteiger partial charge on any atom is 0.136 e. The molecule has 1 aromatic heterocycles. The van der Waals surface area contributed by atoms with E-state index in [1.54, 1.807) is 7.11 Å². The third-order valence-electron chi connectivity index (χ3n) is 2.32. The molecule has 0 aliphatic rings. The molecule has 78 valence electrons. The van der Waals surface area contributed by atoms with Crippen LogP contribution in [-0.2, 0) is 17.9 Å². The Bertz CT molecular complexity index is 473. The third-order valence-corrected chi connectivity index (χ3v) is 2.32. The molecular formula is C12H14N2O. The van der Waals surface area contributed by atoms with Crippen molar-refractivity contribution in [2.24, 2.45) is 0 Å². The van der Waals surface area contributed by atoms with E-state index in [4.69, 9.17) is 4.74 Å². The van der Waals surface area contributed by atoms with Crippen LogP contribution in [0.2, 0.25) is 0 Å². The molecule has 0 atom stereocenters. The first kappa shape index (κ1) is 9.93. The summed E-state index contributed by atoms with van der Waals surface area (Å²) in [7, 11) is 1.68. The summed E-state index contributed by atoms with van der Waals surface area (Å²) >= 11 is 0. The van der Waals surface area contributed by atoms with Gasteiger partial charge in [-0.2, -0.15) is 0 Å². The van der Waals surface area contributed by atoms with Gasteiger partial charge >= 0.3 is 0 Å². The van der Waals surface area contributed by atoms with Crippen LogP contribution in [0.15, 0.2) is 36.9 Å². The van der Waals surface area contributed by atoms with Gasteiger partial charge in [0, 0.05) is 13.7 Å². The predicted molar refractivity (Wildman–Crippen MR) is 60.6 cm³/mol. The van der Waals surface area contributed by atoms with E-state index in [0.29, 0.717) is 6.61 Å². The average molecular weight is 202 g/mol. The first-order chi connectivity index (χ1) is 7.36. The van der Waals surface area contributed by atoms with Crippen LogP contribution in [0.25, 0.3) is 11.0 Å². The summed E-state index contributed by atoms with van der Waals surface area (Å²) in [6.07, 6.45) is 1.87. The minimum absolute atomic E-state index is 0.530. The summed E-state index contributed by atoms with van der Waals surface area (Å²) in [6, 6.07) is 8.07. The van der Waals surface area contributed by atoms with Crippen molar-refractivity contribution < 1.29 is 4.74 Å². The van der Waals surface area contributed by atoms with Gasteiger partial charge in [-0.1, -0.05) is 18.2 Å². The van der Waals surface area contributed by atoms with Crippen molar-refractivity contribution in [2.75, 3.05) is 7.11 Å². The van der Waals surface area contributed by atoms with Crippen LogP contribution < -0.4 is 0 Å². The molecule has 0 spiro atoms. The maximum atomic E-state index is 5.13. The van der Waals surface area contributed by atoms with Gasteiger partial charge in [0.1, 0.15) is 12.4 Å². The minimum atomic E-state index is 0.530. The van der Waals surface area contributed by atoms with Crippen molar-refractivity contribution in [1.29, 1.82) is 0 Å². The molecule has 0 unspecified atom stereocenters. The summed E-state index contributed by atoms with van der Waals surface area (Å²) in [5.74, 6) is 0.943. The zero-order valence-corrected chi connectivity index (χ0v) is 8.81. The molecule has 0 bridgehead atoms. The number of fused-ring (bicyclic) bond motifs is 1. The number of nitrogens with zero attached hydrogens (tertiary/aromatic N) is 2. The van der Waals surface area contributed by atoms with E-state index in [-0.39, 0.29) is 0 Å². The van der Waals surface area contributed by atoms with E-state index in [1.165, 1.54) is 0 Å². The Kier molecular flexibility index (Phi) is 2.83. The van der Waals surface area contributed by atoms with Crippen LogP contribution in [0.1, 0.15) is 5.82 Å². The molecule has 3 nitrogen and oxygen atoms in total. The van der Waals surface area contributed by atoms with Gasteiger partial charge in [0.2, 0.25) is 0 Å². The molecule has 1 heterocycles. The standard InChI is InChI=1S/C12H14N2O/c1-3-8-14-11-7-5-4-6-10(11)13-12(14)9-15-2/h3-7H,1,8-9H2,2H3. The monoisotopic (exact) mass is 202 g/mol. The van der Waals surface area contributed by atoms with Gasteiger partial charge in [-0.15, -0.1) is 6.58 Å². The van der Waals surface area contributed by atoms with Crippen molar-refractivity contribution >= 4 is 11.0 Å². The first-order valence-electron chi connectivity index (χ1n) is 4.90. The van der Waals surface area contributed by atoms with Gasteiger partial charge < -0.3 is 9.30 Å². The van der Waals surface area contributed by atoms with Crippen molar-refractivity contribution in [3.05, 3.63) is 42.7 Å². The quantitative estimate of drug-likeness (QED) is 0.712. The number of rotatable bonds is 4. The Balaban J connectivity index is 2.57. The largest absolute Gasteiger partial charge is 0.377 e. The molecule has 1 aromatic carbocycles. The number of hydrogen-bond donors (Lipinski definition) is 0. The van der Waals surface area contributed by atoms with E-state index < -0.39 is 0 Å². The van der Waals surface area contributed by atoms with Gasteiger partial charge in [-0.25, -0.2) is 4.98 Å². The summed E-state index contributed by atoms with van der Waals surface area (Å²) < 4.78 is 7.24. The Hall–Kier alpha value is -1.61. The maximum absolute atomic E-state index is 5.13. The molecule has 3 heteroatoms. The number of para-hydroxylation sites is 2. The first-order valence-corrected chi connectivity index (χ1v) is 4.90. The van der Waals surface area contributed by atoms with E-state index >= 15 is 0 Å². The molecule has 0 amide bonds. The van der Waals surface area contributed by atoms with Crippen molar-refractivity contribution in [3.63, 3.8) is 0 Å². The van der Waals surface area contributed by atoms with Crippen molar-refractivity contribution in [2.45, 2.75) is 13.2 Å². The molecule has 0 aliphatic carbocycles. The van der Waals surface area contributed by atoms with E-state index in [1.807, 2.05) is 24.3 Å². The molecule has 2 aromatic rings. The second kappa shape index (κ2) is 4.28. The lowest BCUT2D eigenvalue weighted by Gasteiger charge is -2.04. The highest BCUT2D eigenvalue weighted by Crippen LogP contribution is 2.16. The normalized spacial score (nSPS) is 10.7. The minimum Gasteiger partial charge on any atom is -0.377 e. The average Bonchev–Trinajstić information content (AvgIpc) is 2.59. The molecule has 0 saturated heterocycles. The van der Waals surface area contributed by atoms with Gasteiger partial charge in [0.25, 0.3) is 0 Å². The number of ether oxygens (including phenoxy) is 1. The topological polar surface area (TPSA) is 27.1 Å². The number of benzene rings is 1. The highest BCUT2D eigenvalue weighted by molar-refractivity contribution is 5.75. The smallest absolute Gasteiger partial charge is 0.136 e. The number of hydrogen-bond acceptors (Lipinski definition) is 2. The molecule has 2 rings (SSSR count). The highest BCUT2D eigenvalue weighted by Gasteiger charge is 2.07. The van der Waals surface area contributed by atoms with E-state index in [0.717, 1.165) is 23.4 Å². The Morgan fingerprint density at radius 2 is 2.27 bits per heavy atom. The molecule has 0 radical (unpaired) electrons. The Morgan fingerprint density at radius 3 is 3.00 bits per heavy atom. The lowest BCUT2D eigenvalue weighted by molar-refractivity contribution is 0.175. The van der Waals surface area contributed by atoms with Gasteiger partial charge in [0.05, 0.1) is 11.0 Å². The number of allylic oxidation sites excluding steroid dienone is 1. The van der Waals surface area contributed by atoms with Crippen LogP contribution in [0.5, 0.6) is 0 Å². The van der Waals surface area contributed by atoms with E-state index in [2.05, 4.69) is 22.2 Å². The van der Waals surface area contributed by atoms with Crippen LogP contribution >= 0.6 is 0 Å². The molecular weight excluding hydrogens is 188 g/mol. The summed E-state index contributed by atoms with van der Waals surface area (Å²) in [6.45, 7) is 5.05. The lowest BCUT2D eigenvalue weighted by atomic mass is 10.3. The second-order valence-electron chi connectivity index (χ2n) is 3.35. The lowest BCUT2D eigenvalue weighted by Crippen LogP contribution is -2.03. The fourth-order valence-electron chi connectivity index (χ4n) is 1.70. The van der Waals surface area contributed by atoms with Gasteiger partial charge in [-0.3, -0.25) is 0 Å². The van der Waals surface area contributed by atoms with Crippen LogP contribution in [0.4, 0.5) is 0 Å². The van der Waals surface area contributed by atoms with Gasteiger partial charge in [0.15, 0.2) is 0 Å². The number of aromatic nitrogens is 2. The number of methoxy groups -OCH3 is 1. The predicted octanol–water partition coefficient (Wildman–Crippen LogP) is 2.37. The van der Waals surface area contributed by atoms with Crippen molar-refractivity contribution in [3.8, 4) is 0 Å². The molecule has 0 saturated carbocycles. The SMILES string of the molecule is C=CCn1c(COC)nc2ccccc21. The number of imidazole rings is 1. The molecule has 15 heavy (non-hydrogen) atoms. The second-order valence-corrected chi connectivity index (χ2v) is 3.35. The van der Waals surface area contributed by atoms with Gasteiger partial charge in [-0.05, 0) is 12.1 Å². The zero-order valence-electron chi connectivity index (χ0n) is 8.81. The van der Waals surface area contributed by atoms with Crippen molar-refractivity contribution in [1.82, 2.24) is 9.55 Å². The van der Waals surface area contributed by atoms with Crippen LogP contribution in [0.3, 0.4) is 0 Å². The molecule has 0 aliphatic heterocycles. The zero-order chi connectivity index (χ0) is 10.7. The third kappa shape index (κ3) is 1.78. The highest BCUT2D eigenvalue weighted by atomic mass is 16.5. The summed E-state index contributed by atoms with van der Waals surface area (Å²) in [4.78, 5) is 4.51. The summed E-state index contributed by atoms with van der Waals surface area (Å²) in [5, 5.41) is 0. The Morgan fingerprint density at radius 1 is 1.47 bits per heavy atom. The van der Waals surface area contributed by atoms with Crippen LogP contribution in [-0.4, -0.2) is 16.7 Å². The Labute approximate surface area is 89.0 Å².